The largest absolute Gasteiger partial charge is 0.504 e. The fourth-order valence-corrected chi connectivity index (χ4v) is 12.7. The Morgan fingerprint density at radius 2 is 2.02 bits per heavy atom. The lowest BCUT2D eigenvalue weighted by atomic mass is 9.48. The molecular weight excluding hydrogens is 526 g/mol. The topological polar surface area (TPSA) is 97.0 Å². The lowest BCUT2D eigenvalue weighted by molar-refractivity contribution is -0.176. The number of benzene rings is 2. The Labute approximate surface area is 247 Å². The molecule has 1 amide bonds. The normalized spacial score (nSPS) is 44.6. The number of likely N-dealkylation sites (tertiary alicyclic amines) is 1. The van der Waals surface area contributed by atoms with Crippen LogP contribution in [0.3, 0.4) is 0 Å². The van der Waals surface area contributed by atoms with Crippen molar-refractivity contribution >= 4 is 5.91 Å². The Morgan fingerprint density at radius 3 is 2.79 bits per heavy atom. The van der Waals surface area contributed by atoms with Crippen LogP contribution in [0.1, 0.15) is 54.4 Å². The van der Waals surface area contributed by atoms with Gasteiger partial charge in [0, 0.05) is 65.9 Å². The van der Waals surface area contributed by atoms with Crippen LogP contribution in [0.2, 0.25) is 0 Å². The number of carbonyl (C=O) groups excluding carboxylic acids is 1. The number of nitrogens with zero attached hydrogens (tertiary/aromatic N) is 1. The van der Waals surface area contributed by atoms with Gasteiger partial charge in [-0.2, -0.15) is 0 Å². The van der Waals surface area contributed by atoms with Gasteiger partial charge < -0.3 is 25.6 Å². The van der Waals surface area contributed by atoms with Crippen LogP contribution in [0.25, 0.3) is 0 Å². The highest BCUT2D eigenvalue weighted by Crippen LogP contribution is 2.94. The zero-order valence-corrected chi connectivity index (χ0v) is 24.6. The minimum atomic E-state index is -0.594. The van der Waals surface area contributed by atoms with Gasteiger partial charge in [-0.05, 0) is 75.0 Å². The summed E-state index contributed by atoms with van der Waals surface area (Å²) in [7, 11) is 1.85. The molecule has 2 aromatic rings. The molecule has 7 fully saturated rings. The number of carbonyl (C=O) groups is 1. The second-order valence-electron chi connectivity index (χ2n) is 15.7. The molecule has 2 heterocycles. The smallest absolute Gasteiger partial charge is 0.237 e. The summed E-state index contributed by atoms with van der Waals surface area (Å²) in [5, 5.41) is 14.4. The summed E-state index contributed by atoms with van der Waals surface area (Å²) in [4.78, 5) is 16.3. The van der Waals surface area contributed by atoms with Gasteiger partial charge in [-0.3, -0.25) is 9.69 Å². The second kappa shape index (κ2) is 7.36. The van der Waals surface area contributed by atoms with Crippen molar-refractivity contribution < 1.29 is 19.4 Å². The average molecular weight is 568 g/mol. The number of ether oxygens (including phenoxy) is 2. The number of amides is 1. The van der Waals surface area contributed by atoms with Crippen LogP contribution in [0.15, 0.2) is 36.4 Å². The van der Waals surface area contributed by atoms with Gasteiger partial charge in [0.2, 0.25) is 5.91 Å². The molecule has 6 bridgehead atoms. The van der Waals surface area contributed by atoms with Crippen LogP contribution < -0.4 is 15.8 Å². The van der Waals surface area contributed by atoms with Gasteiger partial charge in [-0.15, -0.1) is 0 Å². The summed E-state index contributed by atoms with van der Waals surface area (Å²) < 4.78 is 13.6. The number of phenolic OH excluding ortho intramolecular Hbond substituents is 1. The highest BCUT2D eigenvalue weighted by Gasteiger charge is 3.00. The molecule has 9 unspecified atom stereocenters. The fraction of sp³-hybridized carbons (Fsp3) is 0.629. The number of hydrogen-bond acceptors (Lipinski definition) is 6. The van der Waals surface area contributed by atoms with Crippen molar-refractivity contribution in [2.75, 3.05) is 26.7 Å². The molecule has 7 nitrogen and oxygen atoms in total. The molecular formula is C35H41N3O4. The molecule has 4 N–H and O–H groups in total. The van der Waals surface area contributed by atoms with Crippen molar-refractivity contribution in [1.29, 1.82) is 0 Å². The van der Waals surface area contributed by atoms with E-state index in [2.05, 4.69) is 47.5 Å². The maximum atomic E-state index is 13.4. The lowest BCUT2D eigenvalue weighted by Gasteiger charge is -2.62. The minimum absolute atomic E-state index is 0.0782. The SMILES string of the molecule is COC12C3CC4(CC31CNC(=O)C(N)Cc1ccc(C)cc1)C1N(CC3CC3)CC13Cc1ccc(O)c5c1C4(C3)C2O5. The van der Waals surface area contributed by atoms with Gasteiger partial charge in [-0.1, -0.05) is 35.9 Å². The summed E-state index contributed by atoms with van der Waals surface area (Å²) in [6, 6.07) is 12.2. The quantitative estimate of drug-likeness (QED) is 0.453. The van der Waals surface area contributed by atoms with E-state index >= 15 is 0 Å². The molecule has 9 aliphatic rings. The number of methoxy groups -OCH3 is 1. The molecule has 7 heteroatoms. The number of nitrogens with one attached hydrogen (secondary N) is 1. The number of aryl methyl sites for hydroxylation is 1. The predicted molar refractivity (Wildman–Crippen MR) is 156 cm³/mol. The monoisotopic (exact) mass is 567 g/mol. The fourth-order valence-electron chi connectivity index (χ4n) is 12.7. The van der Waals surface area contributed by atoms with Crippen LogP contribution >= 0.6 is 0 Å². The van der Waals surface area contributed by atoms with Gasteiger partial charge in [0.1, 0.15) is 11.7 Å². The Hall–Kier alpha value is -2.61. The minimum Gasteiger partial charge on any atom is -0.504 e. The van der Waals surface area contributed by atoms with E-state index < -0.39 is 11.6 Å². The molecule has 11 rings (SSSR count). The first-order chi connectivity index (χ1) is 20.2. The second-order valence-corrected chi connectivity index (χ2v) is 15.7. The van der Waals surface area contributed by atoms with Crippen LogP contribution in [-0.4, -0.2) is 66.4 Å². The maximum Gasteiger partial charge on any atom is 0.237 e. The van der Waals surface area contributed by atoms with E-state index in [4.69, 9.17) is 15.2 Å². The first-order valence-corrected chi connectivity index (χ1v) is 16.1. The number of nitrogens with two attached hydrogens (primary N) is 1. The van der Waals surface area contributed by atoms with Gasteiger partial charge >= 0.3 is 0 Å². The number of aromatic hydroxyl groups is 1. The molecule has 1 saturated heterocycles. The van der Waals surface area contributed by atoms with E-state index in [-0.39, 0.29) is 39.4 Å². The third-order valence-electron chi connectivity index (χ3n) is 13.9. The number of rotatable bonds is 8. The maximum absolute atomic E-state index is 13.4. The van der Waals surface area contributed by atoms with Gasteiger partial charge in [0.25, 0.3) is 0 Å². The summed E-state index contributed by atoms with van der Waals surface area (Å²) >= 11 is 0. The Balaban J connectivity index is 1.02. The van der Waals surface area contributed by atoms with Gasteiger partial charge in [0.15, 0.2) is 11.5 Å². The predicted octanol–water partition coefficient (Wildman–Crippen LogP) is 3.22. The first-order valence-electron chi connectivity index (χ1n) is 16.1. The molecule has 0 aromatic heterocycles. The number of phenols is 1. The highest BCUT2D eigenvalue weighted by molar-refractivity contribution is 5.82. The van der Waals surface area contributed by atoms with Crippen LogP contribution in [0.5, 0.6) is 11.5 Å². The third-order valence-corrected chi connectivity index (χ3v) is 13.9. The van der Waals surface area contributed by atoms with E-state index in [1.165, 1.54) is 42.6 Å². The van der Waals surface area contributed by atoms with Crippen molar-refractivity contribution in [3.05, 3.63) is 58.7 Å². The molecule has 2 aromatic carbocycles. The molecule has 0 radical (unpaired) electrons. The van der Waals surface area contributed by atoms with Gasteiger partial charge in [0.05, 0.1) is 6.04 Å². The summed E-state index contributed by atoms with van der Waals surface area (Å²) in [6.45, 7) is 5.04. The lowest BCUT2D eigenvalue weighted by Crippen LogP contribution is -2.71. The number of hydrogen-bond donors (Lipinski definition) is 3. The van der Waals surface area contributed by atoms with Crippen molar-refractivity contribution in [1.82, 2.24) is 10.2 Å². The van der Waals surface area contributed by atoms with Crippen molar-refractivity contribution in [2.45, 2.75) is 81.1 Å². The Bertz CT molecular complexity index is 1570. The first kappa shape index (κ1) is 24.8. The van der Waals surface area contributed by atoms with Crippen LogP contribution in [-0.2, 0) is 27.8 Å². The molecule has 6 saturated carbocycles. The van der Waals surface area contributed by atoms with Crippen LogP contribution in [0.4, 0.5) is 0 Å². The highest BCUT2D eigenvalue weighted by atomic mass is 16.6. The van der Waals surface area contributed by atoms with E-state index in [1.54, 1.807) is 0 Å². The van der Waals surface area contributed by atoms with Crippen molar-refractivity contribution in [2.24, 2.45) is 33.8 Å². The van der Waals surface area contributed by atoms with E-state index in [1.807, 2.05) is 13.2 Å². The van der Waals surface area contributed by atoms with E-state index in [0.29, 0.717) is 24.9 Å². The van der Waals surface area contributed by atoms with Crippen LogP contribution in [0, 0.1) is 35.0 Å². The zero-order chi connectivity index (χ0) is 28.4. The molecule has 42 heavy (non-hydrogen) atoms. The molecule has 7 aliphatic carbocycles. The molecule has 3 spiro atoms. The summed E-state index contributed by atoms with van der Waals surface area (Å²) in [5.41, 5.74) is 11.0. The van der Waals surface area contributed by atoms with E-state index in [9.17, 15) is 9.90 Å². The third kappa shape index (κ3) is 2.48. The zero-order valence-electron chi connectivity index (χ0n) is 24.6. The Morgan fingerprint density at radius 1 is 1.21 bits per heavy atom. The summed E-state index contributed by atoms with van der Waals surface area (Å²) in [5.74, 6) is 2.08. The van der Waals surface area contributed by atoms with Gasteiger partial charge in [-0.25, -0.2) is 0 Å². The molecule has 9 atom stereocenters. The van der Waals surface area contributed by atoms with Crippen molar-refractivity contribution in [3.63, 3.8) is 0 Å². The standard InChI is InChI=1S/C35H41N3O4/c1-19-3-5-20(6-4-19)11-23(36)28(40)37-17-33-16-32-13-25(33)35(33,41-2)30-34(32)15-31(18-38(29(31)32)14-21-7-8-21)12-22-9-10-24(39)27(42-30)26(22)34/h3-6,9-10,21,23,25,29-30,39H,7-8,11-18,36H2,1-2H3,(H,37,40). The average Bonchev–Trinajstić information content (AvgIpc) is 3.77. The molecule has 220 valence electrons. The van der Waals surface area contributed by atoms with E-state index in [0.717, 1.165) is 42.9 Å². The van der Waals surface area contributed by atoms with Crippen molar-refractivity contribution in [3.8, 4) is 11.5 Å². The summed E-state index contributed by atoms with van der Waals surface area (Å²) in [6.07, 6.45) is 7.52. The Kier molecular flexibility index (Phi) is 4.34. The molecule has 2 aliphatic heterocycles.